The molecule has 3 nitrogen and oxygen atoms in total. The van der Waals surface area contributed by atoms with Gasteiger partial charge in [-0.15, -0.1) is 0 Å². The van der Waals surface area contributed by atoms with Gasteiger partial charge in [0, 0.05) is 10.7 Å². The molecule has 0 unspecified atom stereocenters. The fourth-order valence-corrected chi connectivity index (χ4v) is 1.76. The van der Waals surface area contributed by atoms with Crippen LogP contribution < -0.4 is 0 Å². The third kappa shape index (κ3) is 2.30. The van der Waals surface area contributed by atoms with E-state index >= 15 is 0 Å². The molecule has 15 heavy (non-hydrogen) atoms. The highest BCUT2D eigenvalue weighted by atomic mass is 79.9. The molecule has 0 fully saturated rings. The molecule has 0 saturated carbocycles. The Morgan fingerprint density at radius 3 is 2.67 bits per heavy atom. The maximum atomic E-state index is 12.4. The Bertz CT molecular complexity index is 459. The van der Waals surface area contributed by atoms with Gasteiger partial charge >= 0.3 is 0 Å². The lowest BCUT2D eigenvalue weighted by molar-refractivity contribution is 0.107. The van der Waals surface area contributed by atoms with E-state index in [2.05, 4.69) is 20.9 Å². The molecule has 1 rings (SSSR count). The van der Waals surface area contributed by atoms with Gasteiger partial charge in [0.15, 0.2) is 0 Å². The van der Waals surface area contributed by atoms with Gasteiger partial charge < -0.3 is 0 Å². The normalized spacial score (nSPS) is 10.1. The lowest BCUT2D eigenvalue weighted by atomic mass is 10.1. The molecule has 0 spiro atoms. The van der Waals surface area contributed by atoms with Crippen LogP contribution in [-0.4, -0.2) is 10.2 Å². The molecule has 0 aromatic carbocycles. The van der Waals surface area contributed by atoms with Gasteiger partial charge in [-0.05, 0) is 27.5 Å². The first-order valence-corrected chi connectivity index (χ1v) is 4.72. The summed E-state index contributed by atoms with van der Waals surface area (Å²) in [5, 5.41) is 7.68. The average molecular weight is 295 g/mol. The van der Waals surface area contributed by atoms with E-state index in [1.165, 1.54) is 6.07 Å². The Hall–Kier alpha value is -1.06. The summed E-state index contributed by atoms with van der Waals surface area (Å²) in [5.74, 6) is 0. The molecule has 78 valence electrons. The second-order valence-corrected chi connectivity index (χ2v) is 3.63. The first-order valence-electron chi connectivity index (χ1n) is 3.55. The Morgan fingerprint density at radius 1 is 1.67 bits per heavy atom. The van der Waals surface area contributed by atoms with Gasteiger partial charge in [-0.25, -0.2) is 8.78 Å². The van der Waals surface area contributed by atoms with Crippen molar-refractivity contribution < 1.29 is 13.6 Å². The zero-order chi connectivity index (χ0) is 11.6. The molecule has 7 heteroatoms. The van der Waals surface area contributed by atoms with E-state index in [1.54, 1.807) is 0 Å². The van der Waals surface area contributed by atoms with Gasteiger partial charge in [0.25, 0.3) is 11.7 Å². The number of carbonyl (C=O) groups excluding carboxylic acids is 1. The summed E-state index contributed by atoms with van der Waals surface area (Å²) in [6.45, 7) is 0. The molecular weight excluding hydrogens is 293 g/mol. The van der Waals surface area contributed by atoms with Crippen LogP contribution >= 0.6 is 27.5 Å². The molecule has 1 aromatic rings. The van der Waals surface area contributed by atoms with Crippen LogP contribution in [0.5, 0.6) is 0 Å². The van der Waals surface area contributed by atoms with Gasteiger partial charge in [-0.1, -0.05) is 0 Å². The number of carbonyl (C=O) groups is 1. The number of pyridine rings is 1. The van der Waals surface area contributed by atoms with Crippen LogP contribution in [0.1, 0.15) is 28.0 Å². The maximum absolute atomic E-state index is 12.4. The highest BCUT2D eigenvalue weighted by Gasteiger charge is 2.23. The van der Waals surface area contributed by atoms with E-state index in [4.69, 9.17) is 16.9 Å². The van der Waals surface area contributed by atoms with Crippen molar-refractivity contribution in [3.05, 3.63) is 27.5 Å². The van der Waals surface area contributed by atoms with Gasteiger partial charge in [0.2, 0.25) is 0 Å². The lowest BCUT2D eigenvalue weighted by Gasteiger charge is -2.06. The monoisotopic (exact) mass is 294 g/mol. The summed E-state index contributed by atoms with van der Waals surface area (Å²) < 4.78 is 24.9. The number of nitrogens with zero attached hydrogens (tertiary/aromatic N) is 2. The van der Waals surface area contributed by atoms with Crippen LogP contribution in [0.2, 0.25) is 0 Å². The SMILES string of the molecule is N#Cc1c(C(F)F)ncc(Br)c1C(=O)Cl. The van der Waals surface area contributed by atoms with E-state index < -0.39 is 22.9 Å². The Morgan fingerprint density at radius 2 is 2.27 bits per heavy atom. The zero-order valence-corrected chi connectivity index (χ0v) is 9.31. The van der Waals surface area contributed by atoms with Crippen molar-refractivity contribution in [3.8, 4) is 6.07 Å². The standard InChI is InChI=1S/C8H2BrClF2N2O/c9-4-2-14-6(8(11)12)3(1-13)5(4)7(10)15/h2,8H. The van der Waals surface area contributed by atoms with Crippen LogP contribution in [0.4, 0.5) is 8.78 Å². The largest absolute Gasteiger partial charge is 0.281 e. The number of hydrogen-bond donors (Lipinski definition) is 0. The minimum atomic E-state index is -2.93. The van der Waals surface area contributed by atoms with E-state index in [0.717, 1.165) is 6.20 Å². The number of aromatic nitrogens is 1. The number of hydrogen-bond acceptors (Lipinski definition) is 3. The van der Waals surface area contributed by atoms with E-state index in [0.29, 0.717) is 0 Å². The Kier molecular flexibility index (Phi) is 3.72. The van der Waals surface area contributed by atoms with Crippen LogP contribution in [0.15, 0.2) is 10.7 Å². The first kappa shape index (κ1) is 12.0. The smallest absolute Gasteiger partial charge is 0.276 e. The zero-order valence-electron chi connectivity index (χ0n) is 6.97. The molecule has 0 bridgehead atoms. The number of alkyl halides is 2. The number of rotatable bonds is 2. The Balaban J connectivity index is 3.56. The molecule has 0 atom stereocenters. The molecule has 0 aliphatic heterocycles. The van der Waals surface area contributed by atoms with Crippen LogP contribution in [0, 0.1) is 11.3 Å². The predicted octanol–water partition coefficient (Wildman–Crippen LogP) is 3.03. The third-order valence-electron chi connectivity index (χ3n) is 1.58. The predicted molar refractivity (Wildman–Crippen MR) is 51.8 cm³/mol. The van der Waals surface area contributed by atoms with Crippen molar-refractivity contribution in [2.45, 2.75) is 6.43 Å². The van der Waals surface area contributed by atoms with Gasteiger partial charge in [0.1, 0.15) is 11.8 Å². The van der Waals surface area contributed by atoms with Gasteiger partial charge in [-0.3, -0.25) is 9.78 Å². The van der Waals surface area contributed by atoms with Gasteiger partial charge in [0.05, 0.1) is 11.1 Å². The molecule has 0 aliphatic carbocycles. The van der Waals surface area contributed by atoms with Crippen molar-refractivity contribution in [1.29, 1.82) is 5.26 Å². The van der Waals surface area contributed by atoms with E-state index in [9.17, 15) is 13.6 Å². The highest BCUT2D eigenvalue weighted by Crippen LogP contribution is 2.28. The molecule has 0 saturated heterocycles. The van der Waals surface area contributed by atoms with Crippen LogP contribution in [0.3, 0.4) is 0 Å². The summed E-state index contributed by atoms with van der Waals surface area (Å²) in [6, 6.07) is 1.49. The summed E-state index contributed by atoms with van der Waals surface area (Å²) in [6.07, 6.45) is -1.92. The summed E-state index contributed by atoms with van der Waals surface area (Å²) in [4.78, 5) is 14.3. The summed E-state index contributed by atoms with van der Waals surface area (Å²) >= 11 is 8.08. The van der Waals surface area contributed by atoms with Gasteiger partial charge in [-0.2, -0.15) is 5.26 Å². The van der Waals surface area contributed by atoms with Crippen molar-refractivity contribution in [3.63, 3.8) is 0 Å². The van der Waals surface area contributed by atoms with Crippen molar-refractivity contribution in [1.82, 2.24) is 4.98 Å². The minimum Gasteiger partial charge on any atom is -0.276 e. The molecule has 0 radical (unpaired) electrons. The van der Waals surface area contributed by atoms with Crippen molar-refractivity contribution in [2.75, 3.05) is 0 Å². The second kappa shape index (κ2) is 4.64. The topological polar surface area (TPSA) is 53.8 Å². The lowest BCUT2D eigenvalue weighted by Crippen LogP contribution is -2.04. The molecular formula is C8H2BrClF2N2O. The maximum Gasteiger partial charge on any atom is 0.281 e. The van der Waals surface area contributed by atoms with Crippen LogP contribution in [0.25, 0.3) is 0 Å². The Labute approximate surface area is 96.8 Å². The highest BCUT2D eigenvalue weighted by molar-refractivity contribution is 9.10. The fourth-order valence-electron chi connectivity index (χ4n) is 0.974. The van der Waals surface area contributed by atoms with Crippen LogP contribution in [-0.2, 0) is 0 Å². The fraction of sp³-hybridized carbons (Fsp3) is 0.125. The molecule has 1 aromatic heterocycles. The molecule has 0 aliphatic rings. The average Bonchev–Trinajstić information content (AvgIpc) is 2.15. The second-order valence-electron chi connectivity index (χ2n) is 2.43. The molecule has 0 amide bonds. The third-order valence-corrected chi connectivity index (χ3v) is 2.37. The molecule has 0 N–H and O–H groups in total. The quantitative estimate of drug-likeness (QED) is 0.788. The number of halogens is 4. The van der Waals surface area contributed by atoms with E-state index in [-0.39, 0.29) is 10.0 Å². The summed E-state index contributed by atoms with van der Waals surface area (Å²) in [5.41, 5.74) is -1.53. The minimum absolute atomic E-state index is 0.114. The first-order chi connectivity index (χ1) is 6.99. The van der Waals surface area contributed by atoms with Crippen molar-refractivity contribution in [2.24, 2.45) is 0 Å². The van der Waals surface area contributed by atoms with E-state index in [1.807, 2.05) is 0 Å². The molecule has 1 heterocycles. The summed E-state index contributed by atoms with van der Waals surface area (Å²) in [7, 11) is 0. The number of nitriles is 1. The van der Waals surface area contributed by atoms with Crippen molar-refractivity contribution >= 4 is 32.8 Å².